The SMILES string of the molecule is COc1ccc(C2(C(=O)Nc3cccc(-c4ccc(S(=O)(=O)N5CCC[C@@H]5C)cc4)n3)CCCCC2)cc1. The number of hydrogen-bond donors (Lipinski definition) is 1. The van der Waals surface area contributed by atoms with Crippen molar-refractivity contribution in [3.63, 3.8) is 0 Å². The highest BCUT2D eigenvalue weighted by Gasteiger charge is 2.41. The van der Waals surface area contributed by atoms with Crippen LogP contribution in [-0.2, 0) is 20.2 Å². The predicted octanol–water partition coefficient (Wildman–Crippen LogP) is 5.77. The minimum Gasteiger partial charge on any atom is -0.497 e. The maximum Gasteiger partial charge on any atom is 0.243 e. The molecule has 1 atom stereocenters. The van der Waals surface area contributed by atoms with Gasteiger partial charge in [0.15, 0.2) is 0 Å². The summed E-state index contributed by atoms with van der Waals surface area (Å²) in [6.07, 6.45) is 6.48. The van der Waals surface area contributed by atoms with E-state index >= 15 is 0 Å². The first-order valence-electron chi connectivity index (χ1n) is 13.4. The number of ether oxygens (including phenoxy) is 1. The third kappa shape index (κ3) is 5.07. The minimum absolute atomic E-state index is 0.0204. The third-order valence-electron chi connectivity index (χ3n) is 8.02. The van der Waals surface area contributed by atoms with Gasteiger partial charge in [-0.2, -0.15) is 4.31 Å². The lowest BCUT2D eigenvalue weighted by molar-refractivity contribution is -0.122. The molecule has 1 amide bonds. The van der Waals surface area contributed by atoms with Gasteiger partial charge >= 0.3 is 0 Å². The number of amides is 1. The normalized spacial score (nSPS) is 19.7. The molecule has 1 saturated carbocycles. The highest BCUT2D eigenvalue weighted by molar-refractivity contribution is 7.89. The number of benzene rings is 2. The van der Waals surface area contributed by atoms with E-state index in [2.05, 4.69) is 5.32 Å². The maximum absolute atomic E-state index is 13.7. The van der Waals surface area contributed by atoms with Crippen molar-refractivity contribution in [2.45, 2.75) is 68.2 Å². The average molecular weight is 534 g/mol. The summed E-state index contributed by atoms with van der Waals surface area (Å²) in [7, 11) is -1.88. The Bertz CT molecular complexity index is 1380. The Labute approximate surface area is 225 Å². The summed E-state index contributed by atoms with van der Waals surface area (Å²) >= 11 is 0. The molecule has 2 fully saturated rings. The molecule has 2 aromatic carbocycles. The molecule has 1 aliphatic carbocycles. The smallest absolute Gasteiger partial charge is 0.243 e. The number of methoxy groups -OCH3 is 1. The molecule has 1 saturated heterocycles. The second kappa shape index (κ2) is 10.9. The number of aromatic nitrogens is 1. The van der Waals surface area contributed by atoms with Crippen molar-refractivity contribution < 1.29 is 17.9 Å². The predicted molar refractivity (Wildman–Crippen MR) is 149 cm³/mol. The van der Waals surface area contributed by atoms with Crippen LogP contribution in [0.4, 0.5) is 5.82 Å². The number of nitrogens with one attached hydrogen (secondary N) is 1. The number of sulfonamides is 1. The lowest BCUT2D eigenvalue weighted by Gasteiger charge is -2.36. The molecule has 2 heterocycles. The van der Waals surface area contributed by atoms with Gasteiger partial charge in [-0.1, -0.05) is 49.6 Å². The first kappa shape index (κ1) is 26.4. The van der Waals surface area contributed by atoms with Crippen molar-refractivity contribution in [1.29, 1.82) is 0 Å². The molecule has 1 aliphatic heterocycles. The Morgan fingerprint density at radius 1 is 0.974 bits per heavy atom. The second-order valence-electron chi connectivity index (χ2n) is 10.4. The standard InChI is InChI=1S/C30H35N3O4S/c1-22-8-7-21-33(22)38(35,36)26-17-11-23(12-18-26)27-9-6-10-28(31-27)32-29(34)30(19-4-3-5-20-30)24-13-15-25(37-2)16-14-24/h6,9-18,22H,3-5,7-8,19-21H2,1-2H3,(H,31,32,34)/t22-/m0/s1. The highest BCUT2D eigenvalue weighted by Crippen LogP contribution is 2.41. The summed E-state index contributed by atoms with van der Waals surface area (Å²) in [6, 6.07) is 20.2. The van der Waals surface area contributed by atoms with Crippen molar-refractivity contribution in [3.8, 4) is 17.0 Å². The van der Waals surface area contributed by atoms with Crippen LogP contribution >= 0.6 is 0 Å². The van der Waals surface area contributed by atoms with Crippen LogP contribution < -0.4 is 10.1 Å². The molecule has 7 nitrogen and oxygen atoms in total. The summed E-state index contributed by atoms with van der Waals surface area (Å²) in [5.41, 5.74) is 1.85. The zero-order chi connectivity index (χ0) is 26.8. The van der Waals surface area contributed by atoms with Gasteiger partial charge in [0.25, 0.3) is 0 Å². The molecule has 0 radical (unpaired) electrons. The van der Waals surface area contributed by atoms with Gasteiger partial charge in [-0.05, 0) is 74.6 Å². The fourth-order valence-electron chi connectivity index (χ4n) is 5.81. The first-order valence-corrected chi connectivity index (χ1v) is 14.8. The number of nitrogens with zero attached hydrogens (tertiary/aromatic N) is 2. The Morgan fingerprint density at radius 3 is 2.32 bits per heavy atom. The molecule has 8 heteroatoms. The Hall–Kier alpha value is -3.23. The minimum atomic E-state index is -3.51. The molecule has 200 valence electrons. The van der Waals surface area contributed by atoms with E-state index in [9.17, 15) is 13.2 Å². The van der Waals surface area contributed by atoms with E-state index < -0.39 is 15.4 Å². The van der Waals surface area contributed by atoms with Gasteiger partial charge in [0.1, 0.15) is 11.6 Å². The zero-order valence-corrected chi connectivity index (χ0v) is 22.8. The van der Waals surface area contributed by atoms with Gasteiger partial charge in [-0.15, -0.1) is 0 Å². The molecule has 2 aliphatic rings. The lowest BCUT2D eigenvalue weighted by atomic mass is 9.68. The molecule has 0 spiro atoms. The summed E-state index contributed by atoms with van der Waals surface area (Å²) in [4.78, 5) is 18.7. The molecule has 5 rings (SSSR count). The third-order valence-corrected chi connectivity index (χ3v) is 10.1. The number of carbonyl (C=O) groups is 1. The summed E-state index contributed by atoms with van der Waals surface area (Å²) < 4.78 is 33.0. The molecule has 1 aromatic heterocycles. The highest BCUT2D eigenvalue weighted by atomic mass is 32.2. The van der Waals surface area contributed by atoms with Crippen LogP contribution in [0.3, 0.4) is 0 Å². The van der Waals surface area contributed by atoms with Crippen molar-refractivity contribution >= 4 is 21.7 Å². The van der Waals surface area contributed by atoms with Gasteiger partial charge in [-0.3, -0.25) is 4.79 Å². The van der Waals surface area contributed by atoms with Crippen LogP contribution in [0.25, 0.3) is 11.3 Å². The summed E-state index contributed by atoms with van der Waals surface area (Å²) in [5, 5.41) is 3.08. The van der Waals surface area contributed by atoms with Crippen LogP contribution in [-0.4, -0.2) is 43.3 Å². The summed E-state index contributed by atoms with van der Waals surface area (Å²) in [6.45, 7) is 2.52. The molecule has 1 N–H and O–H groups in total. The fraction of sp³-hybridized carbons (Fsp3) is 0.400. The number of pyridine rings is 1. The van der Waals surface area contributed by atoms with Crippen LogP contribution in [0.2, 0.25) is 0 Å². The topological polar surface area (TPSA) is 88.6 Å². The molecule has 0 unspecified atom stereocenters. The van der Waals surface area contributed by atoms with Crippen LogP contribution in [0, 0.1) is 0 Å². The van der Waals surface area contributed by atoms with Crippen molar-refractivity contribution in [1.82, 2.24) is 9.29 Å². The van der Waals surface area contributed by atoms with Gasteiger partial charge in [0.2, 0.25) is 15.9 Å². The quantitative estimate of drug-likeness (QED) is 0.416. The van der Waals surface area contributed by atoms with E-state index in [1.165, 1.54) is 0 Å². The lowest BCUT2D eigenvalue weighted by Crippen LogP contribution is -2.42. The van der Waals surface area contributed by atoms with Crippen LogP contribution in [0.1, 0.15) is 57.4 Å². The molecular weight excluding hydrogens is 498 g/mol. The van der Waals surface area contributed by atoms with Gasteiger partial charge in [0, 0.05) is 18.2 Å². The zero-order valence-electron chi connectivity index (χ0n) is 22.0. The Kier molecular flexibility index (Phi) is 7.54. The average Bonchev–Trinajstić information content (AvgIpc) is 3.40. The van der Waals surface area contributed by atoms with Gasteiger partial charge < -0.3 is 10.1 Å². The van der Waals surface area contributed by atoms with Gasteiger partial charge in [0.05, 0.1) is 23.1 Å². The first-order chi connectivity index (χ1) is 18.3. The van der Waals surface area contributed by atoms with E-state index in [1.54, 1.807) is 41.7 Å². The van der Waals surface area contributed by atoms with Gasteiger partial charge in [-0.25, -0.2) is 13.4 Å². The second-order valence-corrected chi connectivity index (χ2v) is 12.3. The fourth-order valence-corrected chi connectivity index (χ4v) is 7.51. The maximum atomic E-state index is 13.7. The van der Waals surface area contributed by atoms with E-state index in [0.29, 0.717) is 18.1 Å². The van der Waals surface area contributed by atoms with Crippen molar-refractivity contribution in [2.75, 3.05) is 19.0 Å². The van der Waals surface area contributed by atoms with Crippen LogP contribution in [0.15, 0.2) is 71.6 Å². The molecule has 38 heavy (non-hydrogen) atoms. The van der Waals surface area contributed by atoms with E-state index in [-0.39, 0.29) is 16.8 Å². The Morgan fingerprint density at radius 2 is 1.68 bits per heavy atom. The van der Waals surface area contributed by atoms with E-state index in [1.807, 2.05) is 43.3 Å². The monoisotopic (exact) mass is 533 g/mol. The van der Waals surface area contributed by atoms with Crippen molar-refractivity contribution in [3.05, 3.63) is 72.3 Å². The van der Waals surface area contributed by atoms with E-state index in [0.717, 1.165) is 61.8 Å². The number of carbonyl (C=O) groups excluding carboxylic acids is 1. The van der Waals surface area contributed by atoms with E-state index in [4.69, 9.17) is 9.72 Å². The Balaban J connectivity index is 1.36. The number of rotatable bonds is 7. The molecule has 0 bridgehead atoms. The number of hydrogen-bond acceptors (Lipinski definition) is 5. The summed E-state index contributed by atoms with van der Waals surface area (Å²) in [5.74, 6) is 1.20. The molecular formula is C30H35N3O4S. The number of anilines is 1. The molecule has 3 aromatic rings. The van der Waals surface area contributed by atoms with Crippen molar-refractivity contribution in [2.24, 2.45) is 0 Å². The largest absolute Gasteiger partial charge is 0.497 e. The van der Waals surface area contributed by atoms with Crippen LogP contribution in [0.5, 0.6) is 5.75 Å².